The topological polar surface area (TPSA) is 53.9 Å². The Labute approximate surface area is 112 Å². The molecule has 0 fully saturated rings. The van der Waals surface area contributed by atoms with Crippen molar-refractivity contribution in [3.05, 3.63) is 36.8 Å². The van der Waals surface area contributed by atoms with Gasteiger partial charge in [0, 0.05) is 31.6 Å². The minimum absolute atomic E-state index is 0.759. The molecule has 2 aromatic heterocycles. The quantitative estimate of drug-likeness (QED) is 0.806. The summed E-state index contributed by atoms with van der Waals surface area (Å²) in [6.07, 6.45) is 3.29. The zero-order chi connectivity index (χ0) is 12.8. The maximum atomic E-state index is 4.28. The Bertz CT molecular complexity index is 491. The molecule has 0 amide bonds. The predicted octanol–water partition coefficient (Wildman–Crippen LogP) is 1.98. The maximum absolute atomic E-state index is 4.28. The van der Waals surface area contributed by atoms with Gasteiger partial charge >= 0.3 is 0 Å². The average molecular weight is 261 g/mol. The van der Waals surface area contributed by atoms with Gasteiger partial charge in [0.25, 0.3) is 0 Å². The standard InChI is InChI=1S/C12H15N5S/c1-17(11-4-2-3-5-14-11)12-8-10(13-6-7-18)15-9-16-12/h2-5,8-9,18H,6-7H2,1H3,(H,13,15,16). The normalized spacial score (nSPS) is 10.1. The van der Waals surface area contributed by atoms with Crippen molar-refractivity contribution in [1.82, 2.24) is 15.0 Å². The van der Waals surface area contributed by atoms with Gasteiger partial charge < -0.3 is 10.2 Å². The fourth-order valence-corrected chi connectivity index (χ4v) is 1.59. The Hall–Kier alpha value is -1.82. The van der Waals surface area contributed by atoms with Gasteiger partial charge in [0.1, 0.15) is 23.8 Å². The monoisotopic (exact) mass is 261 g/mol. The summed E-state index contributed by atoms with van der Waals surface area (Å²) in [5, 5.41) is 3.17. The van der Waals surface area contributed by atoms with Gasteiger partial charge in [-0.05, 0) is 12.1 Å². The fraction of sp³-hybridized carbons (Fsp3) is 0.250. The number of nitrogens with one attached hydrogen (secondary N) is 1. The van der Waals surface area contributed by atoms with Gasteiger partial charge in [0.15, 0.2) is 0 Å². The van der Waals surface area contributed by atoms with Crippen LogP contribution in [0.5, 0.6) is 0 Å². The summed E-state index contributed by atoms with van der Waals surface area (Å²) in [7, 11) is 1.92. The molecule has 94 valence electrons. The molecule has 0 unspecified atom stereocenters. The van der Waals surface area contributed by atoms with E-state index in [1.807, 2.05) is 36.2 Å². The minimum Gasteiger partial charge on any atom is -0.369 e. The zero-order valence-electron chi connectivity index (χ0n) is 10.1. The summed E-state index contributed by atoms with van der Waals surface area (Å²) in [5.41, 5.74) is 0. The molecule has 1 N–H and O–H groups in total. The molecule has 0 atom stereocenters. The van der Waals surface area contributed by atoms with Crippen molar-refractivity contribution in [2.75, 3.05) is 29.6 Å². The molecule has 0 spiro atoms. The van der Waals surface area contributed by atoms with Crippen molar-refractivity contribution < 1.29 is 0 Å². The van der Waals surface area contributed by atoms with Crippen LogP contribution in [0.3, 0.4) is 0 Å². The van der Waals surface area contributed by atoms with Crippen LogP contribution in [0.2, 0.25) is 0 Å². The fourth-order valence-electron chi connectivity index (χ4n) is 1.48. The van der Waals surface area contributed by atoms with Gasteiger partial charge in [-0.1, -0.05) is 6.07 Å². The second-order valence-electron chi connectivity index (χ2n) is 3.66. The lowest BCUT2D eigenvalue weighted by Crippen LogP contribution is -2.13. The SMILES string of the molecule is CN(c1ccccn1)c1cc(NCCS)ncn1. The van der Waals surface area contributed by atoms with Crippen LogP contribution >= 0.6 is 12.6 Å². The van der Waals surface area contributed by atoms with Crippen molar-refractivity contribution in [2.24, 2.45) is 0 Å². The van der Waals surface area contributed by atoms with Crippen LogP contribution in [0.25, 0.3) is 0 Å². The first kappa shape index (κ1) is 12.6. The molecular weight excluding hydrogens is 246 g/mol. The predicted molar refractivity (Wildman–Crippen MR) is 76.7 cm³/mol. The number of aromatic nitrogens is 3. The lowest BCUT2D eigenvalue weighted by molar-refractivity contribution is 1.04. The molecule has 2 aromatic rings. The highest BCUT2D eigenvalue weighted by atomic mass is 32.1. The van der Waals surface area contributed by atoms with Crippen LogP contribution in [0.1, 0.15) is 0 Å². The summed E-state index contributed by atoms with van der Waals surface area (Å²) in [4.78, 5) is 14.6. The second kappa shape index (κ2) is 6.20. The van der Waals surface area contributed by atoms with Gasteiger partial charge in [-0.2, -0.15) is 12.6 Å². The number of hydrogen-bond donors (Lipinski definition) is 2. The molecule has 0 radical (unpaired) electrons. The van der Waals surface area contributed by atoms with Gasteiger partial charge in [-0.3, -0.25) is 0 Å². The zero-order valence-corrected chi connectivity index (χ0v) is 11.0. The molecule has 0 saturated heterocycles. The molecule has 2 heterocycles. The summed E-state index contributed by atoms with van der Waals surface area (Å²) in [5.74, 6) is 3.19. The van der Waals surface area contributed by atoms with Crippen molar-refractivity contribution in [1.29, 1.82) is 0 Å². The second-order valence-corrected chi connectivity index (χ2v) is 4.11. The van der Waals surface area contributed by atoms with Gasteiger partial charge in [0.05, 0.1) is 0 Å². The number of pyridine rings is 1. The van der Waals surface area contributed by atoms with Gasteiger partial charge in [-0.15, -0.1) is 0 Å². The molecule has 0 aromatic carbocycles. The molecule has 5 nitrogen and oxygen atoms in total. The Balaban J connectivity index is 2.17. The van der Waals surface area contributed by atoms with E-state index in [-0.39, 0.29) is 0 Å². The highest BCUT2D eigenvalue weighted by molar-refractivity contribution is 7.80. The van der Waals surface area contributed by atoms with Crippen LogP contribution in [0.4, 0.5) is 17.5 Å². The summed E-state index contributed by atoms with van der Waals surface area (Å²) in [6, 6.07) is 7.65. The van der Waals surface area contributed by atoms with Gasteiger partial charge in [-0.25, -0.2) is 15.0 Å². The van der Waals surface area contributed by atoms with Crippen molar-refractivity contribution in [3.8, 4) is 0 Å². The van der Waals surface area contributed by atoms with Crippen LogP contribution in [-0.4, -0.2) is 34.3 Å². The molecule has 0 aliphatic heterocycles. The largest absolute Gasteiger partial charge is 0.369 e. The molecule has 0 aliphatic rings. The molecule has 2 rings (SSSR count). The Morgan fingerprint density at radius 2 is 2.11 bits per heavy atom. The van der Waals surface area contributed by atoms with Crippen molar-refractivity contribution in [2.45, 2.75) is 0 Å². The Morgan fingerprint density at radius 1 is 1.22 bits per heavy atom. The summed E-state index contributed by atoms with van der Waals surface area (Å²) in [6.45, 7) is 0.771. The van der Waals surface area contributed by atoms with Gasteiger partial charge in [0.2, 0.25) is 0 Å². The van der Waals surface area contributed by atoms with Crippen molar-refractivity contribution >= 4 is 30.1 Å². The minimum atomic E-state index is 0.759. The molecular formula is C12H15N5S. The smallest absolute Gasteiger partial charge is 0.139 e. The van der Waals surface area contributed by atoms with Crippen molar-refractivity contribution in [3.63, 3.8) is 0 Å². The Kier molecular flexibility index (Phi) is 4.35. The van der Waals surface area contributed by atoms with Crippen LogP contribution in [0, 0.1) is 0 Å². The number of rotatable bonds is 5. The molecule has 0 saturated carbocycles. The third-order valence-corrected chi connectivity index (χ3v) is 2.63. The highest BCUT2D eigenvalue weighted by Crippen LogP contribution is 2.19. The average Bonchev–Trinajstić information content (AvgIpc) is 2.45. The maximum Gasteiger partial charge on any atom is 0.139 e. The number of thiol groups is 1. The number of hydrogen-bond acceptors (Lipinski definition) is 6. The summed E-state index contributed by atoms with van der Waals surface area (Å²) >= 11 is 4.15. The summed E-state index contributed by atoms with van der Waals surface area (Å²) < 4.78 is 0. The molecule has 0 aliphatic carbocycles. The van der Waals surface area contributed by atoms with E-state index in [1.54, 1.807) is 6.20 Å². The van der Waals surface area contributed by atoms with E-state index in [4.69, 9.17) is 0 Å². The van der Waals surface area contributed by atoms with Crippen LogP contribution < -0.4 is 10.2 Å². The van der Waals surface area contributed by atoms with E-state index in [0.29, 0.717) is 0 Å². The van der Waals surface area contributed by atoms with E-state index in [9.17, 15) is 0 Å². The van der Waals surface area contributed by atoms with E-state index in [0.717, 1.165) is 29.8 Å². The Morgan fingerprint density at radius 3 is 2.83 bits per heavy atom. The molecule has 6 heteroatoms. The lowest BCUT2D eigenvalue weighted by atomic mass is 10.4. The van der Waals surface area contributed by atoms with E-state index >= 15 is 0 Å². The van der Waals surface area contributed by atoms with Crippen LogP contribution in [-0.2, 0) is 0 Å². The first-order valence-electron chi connectivity index (χ1n) is 5.63. The third kappa shape index (κ3) is 3.10. The van der Waals surface area contributed by atoms with E-state index < -0.39 is 0 Å². The third-order valence-electron chi connectivity index (χ3n) is 2.41. The van der Waals surface area contributed by atoms with E-state index in [2.05, 4.69) is 32.9 Å². The first-order chi connectivity index (χ1) is 8.81. The highest BCUT2D eigenvalue weighted by Gasteiger charge is 2.06. The number of nitrogens with zero attached hydrogens (tertiary/aromatic N) is 4. The molecule has 18 heavy (non-hydrogen) atoms. The lowest BCUT2D eigenvalue weighted by Gasteiger charge is -2.17. The number of anilines is 3. The first-order valence-corrected chi connectivity index (χ1v) is 6.26. The molecule has 0 bridgehead atoms. The van der Waals surface area contributed by atoms with E-state index in [1.165, 1.54) is 6.33 Å². The van der Waals surface area contributed by atoms with Crippen LogP contribution in [0.15, 0.2) is 36.8 Å².